The van der Waals surface area contributed by atoms with Gasteiger partial charge in [0.15, 0.2) is 0 Å². The first-order valence-electron chi connectivity index (χ1n) is 9.64. The van der Waals surface area contributed by atoms with Crippen molar-refractivity contribution in [3.63, 3.8) is 0 Å². The van der Waals surface area contributed by atoms with Crippen molar-refractivity contribution in [2.24, 2.45) is 5.92 Å². The fraction of sp³-hybridized carbons (Fsp3) is 0.524. The molecular weight excluding hydrogens is 362 g/mol. The van der Waals surface area contributed by atoms with E-state index in [1.54, 1.807) is 6.20 Å². The Balaban J connectivity index is 1.86. The lowest BCUT2D eigenvalue weighted by Crippen LogP contribution is -2.31. The molecule has 1 aromatic carbocycles. The number of ether oxygens (including phenoxy) is 1. The maximum Gasteiger partial charge on any atom is 0.341 e. The molecule has 1 heterocycles. The smallest absolute Gasteiger partial charge is 0.341 e. The quantitative estimate of drug-likeness (QED) is 0.732. The van der Waals surface area contributed by atoms with Gasteiger partial charge in [0.05, 0.1) is 17.8 Å². The molecule has 146 valence electrons. The Labute approximate surface area is 166 Å². The van der Waals surface area contributed by atoms with Crippen LogP contribution in [-0.2, 0) is 4.74 Å². The van der Waals surface area contributed by atoms with E-state index in [1.807, 2.05) is 25.1 Å². The lowest BCUT2D eigenvalue weighted by molar-refractivity contribution is 0.0527. The molecule has 0 bridgehead atoms. The van der Waals surface area contributed by atoms with Gasteiger partial charge in [-0.1, -0.05) is 11.6 Å². The van der Waals surface area contributed by atoms with Crippen molar-refractivity contribution in [1.82, 2.24) is 9.88 Å². The summed E-state index contributed by atoms with van der Waals surface area (Å²) in [4.78, 5) is 19.1. The number of nitrogens with one attached hydrogen (secondary N) is 1. The van der Waals surface area contributed by atoms with Gasteiger partial charge in [-0.2, -0.15) is 0 Å². The first-order chi connectivity index (χ1) is 13.0. The molecule has 3 rings (SSSR count). The zero-order valence-corrected chi connectivity index (χ0v) is 17.1. The third kappa shape index (κ3) is 4.90. The highest BCUT2D eigenvalue weighted by molar-refractivity contribution is 6.31. The molecule has 0 amide bonds. The molecule has 1 aliphatic carbocycles. The minimum absolute atomic E-state index is 0.334. The molecule has 0 spiro atoms. The van der Waals surface area contributed by atoms with Crippen molar-refractivity contribution in [2.75, 3.05) is 32.6 Å². The SMILES string of the molecule is CCOC(=O)c1cnc2ccc(Cl)cc2c1N[C@H]1CC[C@H](CN(C)C)CC1. The van der Waals surface area contributed by atoms with Crippen LogP contribution in [0.3, 0.4) is 0 Å². The first-order valence-corrected chi connectivity index (χ1v) is 10.0. The molecular formula is C21H28ClN3O2. The Hall–Kier alpha value is -1.85. The van der Waals surface area contributed by atoms with Crippen LogP contribution in [-0.4, -0.2) is 49.1 Å². The summed E-state index contributed by atoms with van der Waals surface area (Å²) in [7, 11) is 4.26. The van der Waals surface area contributed by atoms with Crippen LogP contribution < -0.4 is 5.32 Å². The van der Waals surface area contributed by atoms with Crippen molar-refractivity contribution in [3.8, 4) is 0 Å². The monoisotopic (exact) mass is 389 g/mol. The van der Waals surface area contributed by atoms with Crippen LogP contribution in [0.5, 0.6) is 0 Å². The summed E-state index contributed by atoms with van der Waals surface area (Å²) in [5.41, 5.74) is 2.08. The van der Waals surface area contributed by atoms with Gasteiger partial charge in [-0.25, -0.2) is 4.79 Å². The zero-order valence-electron chi connectivity index (χ0n) is 16.3. The molecule has 27 heavy (non-hydrogen) atoms. The Morgan fingerprint density at radius 2 is 2.04 bits per heavy atom. The Bertz CT molecular complexity index is 801. The molecule has 0 saturated heterocycles. The van der Waals surface area contributed by atoms with Gasteiger partial charge in [0, 0.05) is 29.2 Å². The Kier molecular flexibility index (Phi) is 6.55. The molecule has 0 atom stereocenters. The van der Waals surface area contributed by atoms with Crippen LogP contribution in [0, 0.1) is 5.92 Å². The summed E-state index contributed by atoms with van der Waals surface area (Å²) in [6.07, 6.45) is 6.16. The molecule has 1 aromatic heterocycles. The molecule has 1 aliphatic rings. The summed E-state index contributed by atoms with van der Waals surface area (Å²) < 4.78 is 5.24. The van der Waals surface area contributed by atoms with Crippen LogP contribution in [0.2, 0.25) is 5.02 Å². The molecule has 0 aliphatic heterocycles. The molecule has 1 fully saturated rings. The van der Waals surface area contributed by atoms with E-state index in [0.29, 0.717) is 23.2 Å². The molecule has 0 unspecified atom stereocenters. The highest BCUT2D eigenvalue weighted by Crippen LogP contribution is 2.33. The normalized spacial score (nSPS) is 20.0. The van der Waals surface area contributed by atoms with Gasteiger partial charge in [-0.15, -0.1) is 0 Å². The van der Waals surface area contributed by atoms with E-state index in [1.165, 1.54) is 12.8 Å². The van der Waals surface area contributed by atoms with Crippen LogP contribution in [0.25, 0.3) is 10.9 Å². The van der Waals surface area contributed by atoms with Crippen molar-refractivity contribution in [1.29, 1.82) is 0 Å². The summed E-state index contributed by atoms with van der Waals surface area (Å²) in [6, 6.07) is 5.90. The van der Waals surface area contributed by atoms with Crippen molar-refractivity contribution in [3.05, 3.63) is 35.0 Å². The number of nitrogens with zero attached hydrogens (tertiary/aromatic N) is 2. The molecule has 6 heteroatoms. The number of aromatic nitrogens is 1. The average molecular weight is 390 g/mol. The zero-order chi connectivity index (χ0) is 19.4. The third-order valence-corrected chi connectivity index (χ3v) is 5.38. The lowest BCUT2D eigenvalue weighted by Gasteiger charge is -2.32. The second-order valence-corrected chi connectivity index (χ2v) is 7.99. The number of halogens is 1. The number of rotatable bonds is 6. The largest absolute Gasteiger partial charge is 0.462 e. The Morgan fingerprint density at radius 1 is 1.30 bits per heavy atom. The van der Waals surface area contributed by atoms with E-state index >= 15 is 0 Å². The average Bonchev–Trinajstić information content (AvgIpc) is 2.63. The maximum atomic E-state index is 12.5. The van der Waals surface area contributed by atoms with E-state index in [-0.39, 0.29) is 5.97 Å². The standard InChI is InChI=1S/C21H28ClN3O2/c1-4-27-21(26)18-12-23-19-10-7-15(22)11-17(19)20(18)24-16-8-5-14(6-9-16)13-25(2)3/h7,10-12,14,16H,4-6,8-9,13H2,1-3H3,(H,23,24)/t14-,16-. The lowest BCUT2D eigenvalue weighted by atomic mass is 9.85. The van der Waals surface area contributed by atoms with Gasteiger partial charge in [-0.3, -0.25) is 4.98 Å². The Morgan fingerprint density at radius 3 is 2.70 bits per heavy atom. The predicted molar refractivity (Wildman–Crippen MR) is 111 cm³/mol. The minimum atomic E-state index is -0.351. The second kappa shape index (κ2) is 8.89. The molecule has 1 N–H and O–H groups in total. The molecule has 2 aromatic rings. The maximum absolute atomic E-state index is 12.5. The van der Waals surface area contributed by atoms with E-state index < -0.39 is 0 Å². The van der Waals surface area contributed by atoms with E-state index in [0.717, 1.165) is 41.9 Å². The molecule has 0 radical (unpaired) electrons. The number of fused-ring (bicyclic) bond motifs is 1. The van der Waals surface area contributed by atoms with E-state index in [9.17, 15) is 4.79 Å². The van der Waals surface area contributed by atoms with Gasteiger partial charge in [0.25, 0.3) is 0 Å². The number of carbonyl (C=O) groups is 1. The third-order valence-electron chi connectivity index (χ3n) is 5.14. The summed E-state index contributed by atoms with van der Waals surface area (Å²) in [5, 5.41) is 5.11. The summed E-state index contributed by atoms with van der Waals surface area (Å²) in [6.45, 7) is 3.28. The highest BCUT2D eigenvalue weighted by Gasteiger charge is 2.24. The number of benzene rings is 1. The van der Waals surface area contributed by atoms with Gasteiger partial charge in [-0.05, 0) is 70.8 Å². The van der Waals surface area contributed by atoms with Crippen molar-refractivity contribution in [2.45, 2.75) is 38.6 Å². The van der Waals surface area contributed by atoms with Gasteiger partial charge in [0.1, 0.15) is 5.56 Å². The van der Waals surface area contributed by atoms with Crippen molar-refractivity contribution >= 4 is 34.2 Å². The van der Waals surface area contributed by atoms with Gasteiger partial charge < -0.3 is 15.0 Å². The number of esters is 1. The number of carbonyl (C=O) groups excluding carboxylic acids is 1. The fourth-order valence-corrected chi connectivity index (χ4v) is 4.07. The van der Waals surface area contributed by atoms with Gasteiger partial charge in [0.2, 0.25) is 0 Å². The molecule has 1 saturated carbocycles. The van der Waals surface area contributed by atoms with Crippen LogP contribution in [0.15, 0.2) is 24.4 Å². The van der Waals surface area contributed by atoms with Crippen LogP contribution >= 0.6 is 11.6 Å². The second-order valence-electron chi connectivity index (χ2n) is 7.55. The highest BCUT2D eigenvalue weighted by atomic mass is 35.5. The number of hydrogen-bond acceptors (Lipinski definition) is 5. The molecule has 5 nitrogen and oxygen atoms in total. The van der Waals surface area contributed by atoms with E-state index in [2.05, 4.69) is 29.3 Å². The topological polar surface area (TPSA) is 54.5 Å². The minimum Gasteiger partial charge on any atom is -0.462 e. The number of hydrogen-bond donors (Lipinski definition) is 1. The predicted octanol–water partition coefficient (Wildman–Crippen LogP) is 4.60. The first kappa shape index (κ1) is 19.9. The fourth-order valence-electron chi connectivity index (χ4n) is 3.89. The van der Waals surface area contributed by atoms with Crippen molar-refractivity contribution < 1.29 is 9.53 Å². The number of pyridine rings is 1. The summed E-state index contributed by atoms with van der Waals surface area (Å²) >= 11 is 6.22. The van der Waals surface area contributed by atoms with Gasteiger partial charge >= 0.3 is 5.97 Å². The summed E-state index contributed by atoms with van der Waals surface area (Å²) in [5.74, 6) is 0.391. The van der Waals surface area contributed by atoms with E-state index in [4.69, 9.17) is 16.3 Å². The van der Waals surface area contributed by atoms with Crippen LogP contribution in [0.1, 0.15) is 43.0 Å². The van der Waals surface area contributed by atoms with Crippen LogP contribution in [0.4, 0.5) is 5.69 Å². The number of anilines is 1.